The molecule has 0 heterocycles. The van der Waals surface area contributed by atoms with Gasteiger partial charge in [-0.2, -0.15) is 11.8 Å². The van der Waals surface area contributed by atoms with Crippen LogP contribution in [0.1, 0.15) is 19.8 Å². The zero-order chi connectivity index (χ0) is 10.8. The Morgan fingerprint density at radius 2 is 2.14 bits per heavy atom. The first-order valence-corrected chi connectivity index (χ1v) is 5.95. The van der Waals surface area contributed by atoms with Gasteiger partial charge in [-0.25, -0.2) is 0 Å². The van der Waals surface area contributed by atoms with E-state index in [9.17, 15) is 9.59 Å². The summed E-state index contributed by atoms with van der Waals surface area (Å²) in [6.45, 7) is 1.88. The standard InChI is InChI=1S/C9H15NO3S/c1-6(5-14-2)10-7(11)9(3-4-9)8(12)13/h6H,3-5H2,1-2H3,(H,10,11)(H,12,13). The van der Waals surface area contributed by atoms with Crippen LogP contribution in [-0.4, -0.2) is 35.0 Å². The summed E-state index contributed by atoms with van der Waals surface area (Å²) in [6, 6.07) is 0.0364. The Balaban J connectivity index is 2.46. The number of aliphatic carboxylic acids is 1. The molecule has 0 radical (unpaired) electrons. The molecule has 0 aromatic carbocycles. The van der Waals surface area contributed by atoms with Crippen LogP contribution in [0.5, 0.6) is 0 Å². The minimum atomic E-state index is -1.10. The van der Waals surface area contributed by atoms with E-state index in [0.29, 0.717) is 12.8 Å². The Labute approximate surface area is 87.4 Å². The fourth-order valence-electron chi connectivity index (χ4n) is 1.32. The first-order chi connectivity index (χ1) is 6.53. The fourth-order valence-corrected chi connectivity index (χ4v) is 1.90. The first-order valence-electron chi connectivity index (χ1n) is 4.56. The van der Waals surface area contributed by atoms with E-state index < -0.39 is 11.4 Å². The Morgan fingerprint density at radius 3 is 2.50 bits per heavy atom. The van der Waals surface area contributed by atoms with Crippen molar-refractivity contribution in [1.82, 2.24) is 5.32 Å². The van der Waals surface area contributed by atoms with Gasteiger partial charge in [0.15, 0.2) is 0 Å². The molecule has 1 fully saturated rings. The number of rotatable bonds is 5. The van der Waals surface area contributed by atoms with E-state index in [0.717, 1.165) is 5.75 Å². The number of carbonyl (C=O) groups excluding carboxylic acids is 1. The van der Waals surface area contributed by atoms with Crippen molar-refractivity contribution in [3.05, 3.63) is 0 Å². The molecule has 80 valence electrons. The highest BCUT2D eigenvalue weighted by molar-refractivity contribution is 7.98. The van der Waals surface area contributed by atoms with Crippen LogP contribution in [0.2, 0.25) is 0 Å². The van der Waals surface area contributed by atoms with Crippen molar-refractivity contribution in [2.45, 2.75) is 25.8 Å². The van der Waals surface area contributed by atoms with Crippen LogP contribution in [0.15, 0.2) is 0 Å². The maximum absolute atomic E-state index is 11.6. The Hall–Kier alpha value is -0.710. The Bertz CT molecular complexity index is 250. The molecule has 1 unspecified atom stereocenters. The van der Waals surface area contributed by atoms with Gasteiger partial charge in [-0.3, -0.25) is 9.59 Å². The number of amides is 1. The normalized spacial score (nSPS) is 19.9. The molecule has 1 aliphatic carbocycles. The SMILES string of the molecule is CSCC(C)NC(=O)C1(C(=O)O)CC1. The predicted octanol–water partition coefficient (Wildman–Crippen LogP) is 0.719. The molecule has 4 nitrogen and oxygen atoms in total. The van der Waals surface area contributed by atoms with E-state index in [1.54, 1.807) is 11.8 Å². The van der Waals surface area contributed by atoms with Crippen molar-refractivity contribution in [3.63, 3.8) is 0 Å². The van der Waals surface area contributed by atoms with Crippen molar-refractivity contribution in [1.29, 1.82) is 0 Å². The second-order valence-electron chi connectivity index (χ2n) is 3.72. The van der Waals surface area contributed by atoms with E-state index in [1.807, 2.05) is 13.2 Å². The average molecular weight is 217 g/mol. The molecule has 1 amide bonds. The van der Waals surface area contributed by atoms with Gasteiger partial charge in [0.25, 0.3) is 0 Å². The number of hydrogen-bond acceptors (Lipinski definition) is 3. The van der Waals surface area contributed by atoms with Gasteiger partial charge in [0.2, 0.25) is 5.91 Å². The molecule has 1 aliphatic rings. The number of carbonyl (C=O) groups is 2. The molecule has 1 rings (SSSR count). The van der Waals surface area contributed by atoms with Crippen LogP contribution in [0.25, 0.3) is 0 Å². The number of hydrogen-bond donors (Lipinski definition) is 2. The molecule has 5 heteroatoms. The monoisotopic (exact) mass is 217 g/mol. The van der Waals surface area contributed by atoms with Gasteiger partial charge < -0.3 is 10.4 Å². The van der Waals surface area contributed by atoms with Crippen LogP contribution in [0.3, 0.4) is 0 Å². The number of carboxylic acid groups (broad SMARTS) is 1. The van der Waals surface area contributed by atoms with Crippen molar-refractivity contribution >= 4 is 23.6 Å². The number of thioether (sulfide) groups is 1. The van der Waals surface area contributed by atoms with Gasteiger partial charge in [-0.15, -0.1) is 0 Å². The van der Waals surface area contributed by atoms with Gasteiger partial charge in [-0.1, -0.05) is 0 Å². The topological polar surface area (TPSA) is 66.4 Å². The summed E-state index contributed by atoms with van der Waals surface area (Å²) < 4.78 is 0. The van der Waals surface area contributed by atoms with Crippen molar-refractivity contribution < 1.29 is 14.7 Å². The lowest BCUT2D eigenvalue weighted by atomic mass is 10.1. The maximum Gasteiger partial charge on any atom is 0.319 e. The van der Waals surface area contributed by atoms with Gasteiger partial charge in [0.1, 0.15) is 5.41 Å². The predicted molar refractivity (Wildman–Crippen MR) is 55.3 cm³/mol. The minimum absolute atomic E-state index is 0.0364. The summed E-state index contributed by atoms with van der Waals surface area (Å²) in [5.74, 6) is -0.514. The van der Waals surface area contributed by atoms with E-state index in [2.05, 4.69) is 5.32 Å². The smallest absolute Gasteiger partial charge is 0.319 e. The Morgan fingerprint density at radius 1 is 1.57 bits per heavy atom. The van der Waals surface area contributed by atoms with E-state index in [4.69, 9.17) is 5.11 Å². The lowest BCUT2D eigenvalue weighted by molar-refractivity contribution is -0.149. The van der Waals surface area contributed by atoms with Gasteiger partial charge in [0, 0.05) is 11.8 Å². The molecule has 1 atom stereocenters. The Kier molecular flexibility index (Phi) is 3.42. The summed E-state index contributed by atoms with van der Waals surface area (Å²) in [7, 11) is 0. The van der Waals surface area contributed by atoms with Crippen LogP contribution in [-0.2, 0) is 9.59 Å². The maximum atomic E-state index is 11.6. The molecule has 0 bridgehead atoms. The summed E-state index contributed by atoms with van der Waals surface area (Å²) >= 11 is 1.63. The number of carboxylic acids is 1. The molecule has 0 spiro atoms. The third-order valence-electron chi connectivity index (χ3n) is 2.39. The fraction of sp³-hybridized carbons (Fsp3) is 0.778. The minimum Gasteiger partial charge on any atom is -0.480 e. The molecule has 0 aromatic rings. The van der Waals surface area contributed by atoms with Gasteiger partial charge in [-0.05, 0) is 26.0 Å². The molecule has 2 N–H and O–H groups in total. The highest BCUT2D eigenvalue weighted by atomic mass is 32.2. The third kappa shape index (κ3) is 2.20. The molecule has 0 saturated heterocycles. The molecule has 0 aromatic heterocycles. The molecular weight excluding hydrogens is 202 g/mol. The average Bonchev–Trinajstić information content (AvgIpc) is 2.83. The van der Waals surface area contributed by atoms with Gasteiger partial charge >= 0.3 is 5.97 Å². The summed E-state index contributed by atoms with van der Waals surface area (Å²) in [5, 5.41) is 11.6. The zero-order valence-corrected chi connectivity index (χ0v) is 9.19. The summed E-state index contributed by atoms with van der Waals surface area (Å²) in [6.07, 6.45) is 2.90. The lowest BCUT2D eigenvalue weighted by Crippen LogP contribution is -2.42. The summed E-state index contributed by atoms with van der Waals surface area (Å²) in [5.41, 5.74) is -1.10. The van der Waals surface area contributed by atoms with Crippen LogP contribution in [0, 0.1) is 5.41 Å². The molecule has 0 aliphatic heterocycles. The lowest BCUT2D eigenvalue weighted by Gasteiger charge is -2.15. The molecule has 14 heavy (non-hydrogen) atoms. The van der Waals surface area contributed by atoms with Crippen molar-refractivity contribution in [2.75, 3.05) is 12.0 Å². The van der Waals surface area contributed by atoms with E-state index in [1.165, 1.54) is 0 Å². The highest BCUT2D eigenvalue weighted by Crippen LogP contribution is 2.46. The van der Waals surface area contributed by atoms with Gasteiger partial charge in [0.05, 0.1) is 0 Å². The van der Waals surface area contributed by atoms with E-state index >= 15 is 0 Å². The quantitative estimate of drug-likeness (QED) is 0.666. The number of nitrogens with one attached hydrogen (secondary N) is 1. The van der Waals surface area contributed by atoms with E-state index in [-0.39, 0.29) is 11.9 Å². The molecular formula is C9H15NO3S. The van der Waals surface area contributed by atoms with Crippen molar-refractivity contribution in [3.8, 4) is 0 Å². The van der Waals surface area contributed by atoms with Crippen molar-refractivity contribution in [2.24, 2.45) is 5.41 Å². The van der Waals surface area contributed by atoms with Crippen LogP contribution < -0.4 is 5.32 Å². The zero-order valence-electron chi connectivity index (χ0n) is 8.37. The highest BCUT2D eigenvalue weighted by Gasteiger charge is 2.57. The van der Waals surface area contributed by atoms with Crippen LogP contribution in [0.4, 0.5) is 0 Å². The van der Waals surface area contributed by atoms with Crippen LogP contribution >= 0.6 is 11.8 Å². The largest absolute Gasteiger partial charge is 0.480 e. The third-order valence-corrected chi connectivity index (χ3v) is 3.22. The first kappa shape index (κ1) is 11.4. The molecule has 1 saturated carbocycles. The second-order valence-corrected chi connectivity index (χ2v) is 4.63. The second kappa shape index (κ2) is 4.21. The summed E-state index contributed by atoms with van der Waals surface area (Å²) in [4.78, 5) is 22.4.